The minimum atomic E-state index is -0.750. The second-order valence-corrected chi connectivity index (χ2v) is 2.23. The Kier molecular flexibility index (Phi) is 36.0. The normalized spacial score (nSPS) is 6.00. The summed E-state index contributed by atoms with van der Waals surface area (Å²) in [5, 5.41) is 0. The Morgan fingerprint density at radius 3 is 1.00 bits per heavy atom. The van der Waals surface area contributed by atoms with Crippen LogP contribution in [-0.4, -0.2) is 38.5 Å². The van der Waals surface area contributed by atoms with Crippen molar-refractivity contribution in [3.05, 3.63) is 0 Å². The van der Waals surface area contributed by atoms with E-state index in [1.165, 1.54) is 0 Å². The van der Waals surface area contributed by atoms with Crippen LogP contribution in [-0.2, 0) is 0 Å². The summed E-state index contributed by atoms with van der Waals surface area (Å²) in [5.74, 6) is 0. The molecule has 0 aromatic carbocycles. The van der Waals surface area contributed by atoms with E-state index in [2.05, 4.69) is 11.9 Å². The van der Waals surface area contributed by atoms with Crippen LogP contribution in [0.5, 0.6) is 0 Å². The van der Waals surface area contributed by atoms with E-state index in [4.69, 9.17) is 39.5 Å². The molecule has 7 heavy (non-hydrogen) atoms. The summed E-state index contributed by atoms with van der Waals surface area (Å²) in [6, 6.07) is 0. The molecule has 0 aliphatic heterocycles. The van der Waals surface area contributed by atoms with Crippen molar-refractivity contribution < 1.29 is 4.66 Å². The Morgan fingerprint density at radius 1 is 1.00 bits per heavy atom. The molecule has 42 valence electrons. The maximum absolute atomic E-state index is 6.47. The van der Waals surface area contributed by atoms with Gasteiger partial charge in [0.25, 0.3) is 0 Å². The fourth-order valence-electron chi connectivity index (χ4n) is 0. The van der Waals surface area contributed by atoms with Crippen LogP contribution in [0, 0.1) is 0 Å². The zero-order valence-corrected chi connectivity index (χ0v) is 5.56. The summed E-state index contributed by atoms with van der Waals surface area (Å²) in [4.78, 5) is 0. The van der Waals surface area contributed by atoms with E-state index in [9.17, 15) is 0 Å². The summed E-state index contributed by atoms with van der Waals surface area (Å²) in [7, 11) is 0. The van der Waals surface area contributed by atoms with Crippen molar-refractivity contribution in [2.24, 2.45) is 0 Å². The van der Waals surface area contributed by atoms with Gasteiger partial charge >= 0.3 is 29.6 Å². The van der Waals surface area contributed by atoms with E-state index >= 15 is 0 Å². The van der Waals surface area contributed by atoms with Gasteiger partial charge in [-0.15, -0.1) is 0 Å². The number of rotatable bonds is 0. The van der Waals surface area contributed by atoms with E-state index < -0.39 is 4.30 Å². The van der Waals surface area contributed by atoms with Crippen molar-refractivity contribution in [3.63, 3.8) is 0 Å². The predicted octanol–water partition coefficient (Wildman–Crippen LogP) is 1.47. The molecule has 0 spiro atoms. The van der Waals surface area contributed by atoms with Crippen molar-refractivity contribution >= 4 is 76.2 Å². The molecular formula is CH3Cl4NaO. The van der Waals surface area contributed by atoms with Gasteiger partial charge in [-0.25, -0.2) is 0 Å². The van der Waals surface area contributed by atoms with Crippen LogP contribution in [0.4, 0.5) is 0 Å². The molecule has 0 aliphatic carbocycles. The molecule has 0 unspecified atom stereocenters. The molecule has 0 aromatic rings. The molecule has 0 radical (unpaired) electrons. The number of hydrogen-bond donors (Lipinski definition) is 1. The Labute approximate surface area is 84.3 Å². The topological polar surface area (TPSA) is 20.2 Å². The monoisotopic (exact) mass is 194 g/mol. The first-order valence-electron chi connectivity index (χ1n) is 0.824. The molecule has 1 nitrogen and oxygen atoms in total. The van der Waals surface area contributed by atoms with Gasteiger partial charge in [0.1, 0.15) is 0 Å². The standard InChI is InChI=1S/CHCl3.ClHO.Na.H/c2-1(3)4;1-2;;/h1H;2H;;. The zero-order chi connectivity index (χ0) is 5.58. The second kappa shape index (κ2) is 15.7. The molecule has 0 atom stereocenters. The van der Waals surface area contributed by atoms with Crippen LogP contribution < -0.4 is 0 Å². The van der Waals surface area contributed by atoms with Crippen LogP contribution >= 0.6 is 46.7 Å². The van der Waals surface area contributed by atoms with E-state index in [1.807, 2.05) is 0 Å². The zero-order valence-electron chi connectivity index (χ0n) is 2.54. The van der Waals surface area contributed by atoms with Gasteiger partial charge in [-0.3, -0.25) is 4.66 Å². The molecule has 0 saturated carbocycles. The average molecular weight is 196 g/mol. The third-order valence-electron chi connectivity index (χ3n) is 0. The second-order valence-electron chi connectivity index (χ2n) is 0.247. The molecule has 0 aliphatic rings. The first-order valence-corrected chi connectivity index (χ1v) is 2.47. The molecule has 0 rings (SSSR count). The van der Waals surface area contributed by atoms with Gasteiger partial charge < -0.3 is 0 Å². The van der Waals surface area contributed by atoms with E-state index in [0.29, 0.717) is 0 Å². The summed E-state index contributed by atoms with van der Waals surface area (Å²) < 4.78 is 5.72. The van der Waals surface area contributed by atoms with Gasteiger partial charge in [-0.05, 0) is 0 Å². The predicted molar refractivity (Wildman–Crippen MR) is 36.6 cm³/mol. The third-order valence-corrected chi connectivity index (χ3v) is 0. The van der Waals surface area contributed by atoms with Crippen molar-refractivity contribution in [1.82, 2.24) is 0 Å². The SMILES string of the molecule is ClC(Cl)Cl.OCl.[NaH]. The summed E-state index contributed by atoms with van der Waals surface area (Å²) >= 11 is 18.1. The van der Waals surface area contributed by atoms with Crippen LogP contribution in [0.2, 0.25) is 0 Å². The van der Waals surface area contributed by atoms with Crippen molar-refractivity contribution in [2.45, 2.75) is 4.30 Å². The fraction of sp³-hybridized carbons (Fsp3) is 1.00. The maximum atomic E-state index is 6.47. The van der Waals surface area contributed by atoms with Crippen molar-refractivity contribution in [1.29, 1.82) is 0 Å². The first kappa shape index (κ1) is 16.1. The van der Waals surface area contributed by atoms with Gasteiger partial charge in [0.2, 0.25) is 0 Å². The van der Waals surface area contributed by atoms with Crippen LogP contribution in [0.25, 0.3) is 0 Å². The number of hydrogen-bond acceptors (Lipinski definition) is 1. The number of halogens is 4. The van der Waals surface area contributed by atoms with Crippen molar-refractivity contribution in [2.75, 3.05) is 0 Å². The van der Waals surface area contributed by atoms with Gasteiger partial charge in [-0.1, -0.05) is 34.8 Å². The Hall–Kier alpha value is 2.12. The van der Waals surface area contributed by atoms with E-state index in [0.717, 1.165) is 0 Å². The Balaban J connectivity index is -0.0000000480. The van der Waals surface area contributed by atoms with Gasteiger partial charge in [0, 0.05) is 0 Å². The quantitative estimate of drug-likeness (QED) is 0.459. The molecule has 6 heteroatoms. The summed E-state index contributed by atoms with van der Waals surface area (Å²) in [5.41, 5.74) is 0. The van der Waals surface area contributed by atoms with Crippen LogP contribution in [0.1, 0.15) is 0 Å². The molecule has 1 N–H and O–H groups in total. The summed E-state index contributed by atoms with van der Waals surface area (Å²) in [6.45, 7) is 0. The molecule has 0 amide bonds. The molecule has 0 saturated heterocycles. The first-order chi connectivity index (χ1) is 2.73. The molecule has 0 heterocycles. The fourth-order valence-corrected chi connectivity index (χ4v) is 0. The molecular weight excluding hydrogens is 193 g/mol. The number of alkyl halides is 3. The van der Waals surface area contributed by atoms with Crippen LogP contribution in [0.3, 0.4) is 0 Å². The van der Waals surface area contributed by atoms with E-state index in [1.54, 1.807) is 0 Å². The van der Waals surface area contributed by atoms with E-state index in [-0.39, 0.29) is 29.6 Å². The van der Waals surface area contributed by atoms with Crippen LogP contribution in [0.15, 0.2) is 0 Å². The molecule has 0 aromatic heterocycles. The van der Waals surface area contributed by atoms with Gasteiger partial charge in [0.05, 0.1) is 11.9 Å². The Bertz CT molecular complexity index is 16.4. The average Bonchev–Trinajstić information content (AvgIpc) is 1.41. The molecule has 0 bridgehead atoms. The molecule has 0 fully saturated rings. The summed E-state index contributed by atoms with van der Waals surface area (Å²) in [6.07, 6.45) is 0. The Morgan fingerprint density at radius 2 is 1.00 bits per heavy atom. The minimum absolute atomic E-state index is 0. The third kappa shape index (κ3) is 67.7. The van der Waals surface area contributed by atoms with Gasteiger partial charge in [0.15, 0.2) is 4.30 Å². The van der Waals surface area contributed by atoms with Gasteiger partial charge in [-0.2, -0.15) is 0 Å². The van der Waals surface area contributed by atoms with Crippen molar-refractivity contribution in [3.8, 4) is 0 Å².